The van der Waals surface area contributed by atoms with E-state index in [1.54, 1.807) is 27.7 Å². The second kappa shape index (κ2) is 6.77. The number of amides is 1. The van der Waals surface area contributed by atoms with Crippen molar-refractivity contribution >= 4 is 34.4 Å². The lowest BCUT2D eigenvalue weighted by Crippen LogP contribution is -2.27. The van der Waals surface area contributed by atoms with Gasteiger partial charge in [-0.05, 0) is 33.8 Å². The van der Waals surface area contributed by atoms with Gasteiger partial charge in [0.05, 0.1) is 16.7 Å². The summed E-state index contributed by atoms with van der Waals surface area (Å²) in [4.78, 5) is 20.4. The first kappa shape index (κ1) is 19.0. The van der Waals surface area contributed by atoms with Crippen molar-refractivity contribution in [1.82, 2.24) is 14.5 Å². The van der Waals surface area contributed by atoms with Crippen LogP contribution in [0.1, 0.15) is 26.6 Å². The number of ether oxygens (including phenoxy) is 1. The molecule has 9 heteroatoms. The topological polar surface area (TPSA) is 69.0 Å². The van der Waals surface area contributed by atoms with Crippen LogP contribution in [0.4, 0.5) is 19.3 Å². The largest absolute Gasteiger partial charge is 0.444 e. The highest BCUT2D eigenvalue weighted by atomic mass is 35.5. The average molecular weight is 395 g/mol. The number of pyridine rings is 1. The fourth-order valence-corrected chi connectivity index (χ4v) is 2.78. The highest BCUT2D eigenvalue weighted by molar-refractivity contribution is 6.29. The van der Waals surface area contributed by atoms with Gasteiger partial charge in [0.25, 0.3) is 0 Å². The van der Waals surface area contributed by atoms with E-state index in [-0.39, 0.29) is 10.7 Å². The normalized spacial score (nSPS) is 11.7. The molecule has 3 aromatic rings. The molecule has 0 radical (unpaired) electrons. The van der Waals surface area contributed by atoms with Gasteiger partial charge in [0.15, 0.2) is 11.6 Å². The smallest absolute Gasteiger partial charge is 0.412 e. The van der Waals surface area contributed by atoms with Crippen molar-refractivity contribution < 1.29 is 18.3 Å². The SMILES string of the molecule is Cc1nc2cc(F)c(F)cc2n1-c1cc(NC(=O)OC(C)(C)C)cc(Cl)n1. The molecule has 1 N–H and O–H groups in total. The molecule has 0 saturated carbocycles. The number of imidazole rings is 1. The molecule has 0 fully saturated rings. The van der Waals surface area contributed by atoms with Gasteiger partial charge in [0, 0.05) is 18.2 Å². The first-order valence-corrected chi connectivity index (χ1v) is 8.43. The second-order valence-electron chi connectivity index (χ2n) is 6.91. The number of hydrogen-bond donors (Lipinski definition) is 1. The van der Waals surface area contributed by atoms with Crippen LogP contribution in [0, 0.1) is 18.6 Å². The first-order chi connectivity index (χ1) is 12.5. The molecule has 27 heavy (non-hydrogen) atoms. The van der Waals surface area contributed by atoms with Crippen LogP contribution in [0.25, 0.3) is 16.9 Å². The van der Waals surface area contributed by atoms with Gasteiger partial charge >= 0.3 is 6.09 Å². The predicted octanol–water partition coefficient (Wildman–Crippen LogP) is 5.01. The number of hydrogen-bond acceptors (Lipinski definition) is 4. The van der Waals surface area contributed by atoms with Crippen LogP contribution >= 0.6 is 11.6 Å². The van der Waals surface area contributed by atoms with E-state index in [4.69, 9.17) is 16.3 Å². The number of nitrogens with one attached hydrogen (secondary N) is 1. The van der Waals surface area contributed by atoms with E-state index >= 15 is 0 Å². The summed E-state index contributed by atoms with van der Waals surface area (Å²) in [5, 5.41) is 2.68. The number of aryl methyl sites for hydroxylation is 1. The number of anilines is 1. The maximum Gasteiger partial charge on any atom is 0.412 e. The van der Waals surface area contributed by atoms with Gasteiger partial charge in [0.2, 0.25) is 0 Å². The van der Waals surface area contributed by atoms with Crippen LogP contribution in [-0.4, -0.2) is 26.2 Å². The Morgan fingerprint density at radius 2 is 1.81 bits per heavy atom. The Bertz CT molecular complexity index is 1040. The van der Waals surface area contributed by atoms with Gasteiger partial charge in [-0.2, -0.15) is 0 Å². The third kappa shape index (κ3) is 4.16. The van der Waals surface area contributed by atoms with Gasteiger partial charge in [-0.15, -0.1) is 0 Å². The number of carbonyl (C=O) groups is 1. The van der Waals surface area contributed by atoms with E-state index in [9.17, 15) is 13.6 Å². The molecule has 2 aromatic heterocycles. The Kier molecular flexibility index (Phi) is 4.77. The molecule has 0 atom stereocenters. The highest BCUT2D eigenvalue weighted by Crippen LogP contribution is 2.26. The Hall–Kier alpha value is -2.74. The summed E-state index contributed by atoms with van der Waals surface area (Å²) in [5.41, 5.74) is 0.268. The van der Waals surface area contributed by atoms with Gasteiger partial charge in [-0.3, -0.25) is 9.88 Å². The van der Waals surface area contributed by atoms with Crippen LogP contribution in [0.5, 0.6) is 0 Å². The molecule has 0 saturated heterocycles. The molecule has 0 aliphatic rings. The van der Waals surface area contributed by atoms with Crippen molar-refractivity contribution in [2.75, 3.05) is 5.32 Å². The maximum absolute atomic E-state index is 13.7. The Balaban J connectivity index is 2.04. The number of aromatic nitrogens is 3. The maximum atomic E-state index is 13.7. The fourth-order valence-electron chi connectivity index (χ4n) is 2.57. The van der Waals surface area contributed by atoms with Crippen molar-refractivity contribution in [3.63, 3.8) is 0 Å². The lowest BCUT2D eigenvalue weighted by Gasteiger charge is -2.20. The molecule has 1 amide bonds. The molecule has 6 nitrogen and oxygen atoms in total. The number of halogens is 3. The summed E-state index contributed by atoms with van der Waals surface area (Å²) < 4.78 is 33.9. The number of carbonyl (C=O) groups excluding carboxylic acids is 1. The van der Waals surface area contributed by atoms with Crippen molar-refractivity contribution in [3.8, 4) is 5.82 Å². The van der Waals surface area contributed by atoms with E-state index in [2.05, 4.69) is 15.3 Å². The minimum atomic E-state index is -1.00. The number of rotatable bonds is 2. The van der Waals surface area contributed by atoms with Crippen molar-refractivity contribution in [3.05, 3.63) is 46.9 Å². The van der Waals surface area contributed by atoms with Crippen molar-refractivity contribution in [1.29, 1.82) is 0 Å². The average Bonchev–Trinajstić information content (AvgIpc) is 2.80. The third-order valence-electron chi connectivity index (χ3n) is 3.52. The van der Waals surface area contributed by atoms with Gasteiger partial charge in [0.1, 0.15) is 22.4 Å². The van der Waals surface area contributed by atoms with Crippen LogP contribution < -0.4 is 5.32 Å². The summed E-state index contributed by atoms with van der Waals surface area (Å²) in [7, 11) is 0. The molecule has 0 aliphatic carbocycles. The van der Waals surface area contributed by atoms with Crippen LogP contribution in [0.15, 0.2) is 24.3 Å². The molecule has 142 valence electrons. The van der Waals surface area contributed by atoms with E-state index in [0.717, 1.165) is 12.1 Å². The summed E-state index contributed by atoms with van der Waals surface area (Å²) in [6.07, 6.45) is -0.656. The van der Waals surface area contributed by atoms with Crippen LogP contribution in [0.3, 0.4) is 0 Å². The van der Waals surface area contributed by atoms with Crippen molar-refractivity contribution in [2.24, 2.45) is 0 Å². The summed E-state index contributed by atoms with van der Waals surface area (Å²) in [5.74, 6) is -1.25. The molecule has 0 bridgehead atoms. The molecule has 3 rings (SSSR count). The van der Waals surface area contributed by atoms with E-state index in [0.29, 0.717) is 22.8 Å². The van der Waals surface area contributed by atoms with Gasteiger partial charge < -0.3 is 4.74 Å². The molecular weight excluding hydrogens is 378 g/mol. The Morgan fingerprint density at radius 3 is 2.48 bits per heavy atom. The van der Waals surface area contributed by atoms with E-state index < -0.39 is 23.3 Å². The van der Waals surface area contributed by atoms with Gasteiger partial charge in [-0.25, -0.2) is 23.5 Å². The number of benzene rings is 1. The number of fused-ring (bicyclic) bond motifs is 1. The molecule has 0 spiro atoms. The Morgan fingerprint density at radius 1 is 1.15 bits per heavy atom. The minimum absolute atomic E-state index is 0.0994. The third-order valence-corrected chi connectivity index (χ3v) is 3.71. The fraction of sp³-hybridized carbons (Fsp3) is 0.278. The standard InChI is InChI=1S/C18H17ClF2N4O2/c1-9-22-13-7-11(20)12(21)8-14(13)25(9)16-6-10(5-15(19)24-16)23-17(26)27-18(2,3)4/h5-8H,1-4H3,(H,23,24,26). The summed E-state index contributed by atoms with van der Waals surface area (Å²) in [6, 6.07) is 5.03. The molecule has 0 unspecified atom stereocenters. The first-order valence-electron chi connectivity index (χ1n) is 8.05. The zero-order chi connectivity index (χ0) is 19.9. The predicted molar refractivity (Wildman–Crippen MR) is 98.4 cm³/mol. The van der Waals surface area contributed by atoms with Crippen LogP contribution in [0.2, 0.25) is 5.15 Å². The summed E-state index contributed by atoms with van der Waals surface area (Å²) in [6.45, 7) is 6.89. The van der Waals surface area contributed by atoms with Crippen molar-refractivity contribution in [2.45, 2.75) is 33.3 Å². The zero-order valence-corrected chi connectivity index (χ0v) is 15.9. The van der Waals surface area contributed by atoms with Gasteiger partial charge in [-0.1, -0.05) is 11.6 Å². The van der Waals surface area contributed by atoms with Crippen LogP contribution in [-0.2, 0) is 4.74 Å². The van der Waals surface area contributed by atoms with E-state index in [1.807, 2.05) is 0 Å². The molecule has 2 heterocycles. The van der Waals surface area contributed by atoms with E-state index in [1.165, 1.54) is 16.7 Å². The lowest BCUT2D eigenvalue weighted by molar-refractivity contribution is 0.0636. The molecular formula is C18H17ClF2N4O2. The lowest BCUT2D eigenvalue weighted by atomic mass is 10.2. The zero-order valence-electron chi connectivity index (χ0n) is 15.1. The number of nitrogens with zero attached hydrogens (tertiary/aromatic N) is 3. The second-order valence-corrected chi connectivity index (χ2v) is 7.30. The quantitative estimate of drug-likeness (QED) is 0.620. The highest BCUT2D eigenvalue weighted by Gasteiger charge is 2.18. The Labute approximate surface area is 159 Å². The minimum Gasteiger partial charge on any atom is -0.444 e. The summed E-state index contributed by atoms with van der Waals surface area (Å²) >= 11 is 6.07. The molecule has 1 aromatic carbocycles. The molecule has 0 aliphatic heterocycles. The monoisotopic (exact) mass is 394 g/mol.